The maximum Gasteiger partial charge on any atom is 0.321 e. The van der Waals surface area contributed by atoms with Crippen LogP contribution in [0.25, 0.3) is 0 Å². The lowest BCUT2D eigenvalue weighted by atomic mass is 10.2. The molecule has 0 amide bonds. The van der Waals surface area contributed by atoms with Gasteiger partial charge in [-0.05, 0) is 30.7 Å². The minimum atomic E-state index is 0.351. The standard InChI is InChI=1S/C16H21N3O2/c1-3-7-17-9-14-10-18-16(19-11-14)21-15-6-4-5-13(8-15)12-20-2/h4-6,8,10-11,17H,3,7,9,12H2,1-2H3. The smallest absolute Gasteiger partial charge is 0.321 e. The topological polar surface area (TPSA) is 56.3 Å². The van der Waals surface area contributed by atoms with Gasteiger partial charge in [-0.3, -0.25) is 0 Å². The van der Waals surface area contributed by atoms with Crippen LogP contribution in [-0.2, 0) is 17.9 Å². The lowest BCUT2D eigenvalue weighted by molar-refractivity contribution is 0.184. The van der Waals surface area contributed by atoms with Gasteiger partial charge in [0, 0.05) is 31.6 Å². The fraction of sp³-hybridized carbons (Fsp3) is 0.375. The minimum absolute atomic E-state index is 0.351. The lowest BCUT2D eigenvalue weighted by Crippen LogP contribution is -2.14. The Morgan fingerprint density at radius 3 is 2.67 bits per heavy atom. The van der Waals surface area contributed by atoms with Gasteiger partial charge in [-0.15, -0.1) is 0 Å². The number of methoxy groups -OCH3 is 1. The molecule has 0 spiro atoms. The Balaban J connectivity index is 1.95. The molecule has 1 aromatic carbocycles. The van der Waals surface area contributed by atoms with Gasteiger partial charge in [0.15, 0.2) is 0 Å². The van der Waals surface area contributed by atoms with E-state index in [2.05, 4.69) is 22.2 Å². The van der Waals surface area contributed by atoms with Crippen molar-refractivity contribution in [3.8, 4) is 11.8 Å². The number of ether oxygens (including phenoxy) is 2. The highest BCUT2D eigenvalue weighted by molar-refractivity contribution is 5.30. The zero-order chi connectivity index (χ0) is 14.9. The Hall–Kier alpha value is -1.98. The van der Waals surface area contributed by atoms with E-state index in [1.165, 1.54) is 0 Å². The molecule has 0 fully saturated rings. The van der Waals surface area contributed by atoms with Crippen molar-refractivity contribution in [2.75, 3.05) is 13.7 Å². The fourth-order valence-electron chi connectivity index (χ4n) is 1.87. The third-order valence-corrected chi connectivity index (χ3v) is 2.86. The molecule has 1 aromatic heterocycles. The van der Waals surface area contributed by atoms with Crippen LogP contribution in [0.2, 0.25) is 0 Å². The Kier molecular flexibility index (Phi) is 6.12. The Morgan fingerprint density at radius 2 is 1.95 bits per heavy atom. The van der Waals surface area contributed by atoms with Gasteiger partial charge in [0.25, 0.3) is 0 Å². The summed E-state index contributed by atoms with van der Waals surface area (Å²) in [6.07, 6.45) is 4.67. The fourth-order valence-corrected chi connectivity index (χ4v) is 1.87. The molecule has 0 saturated carbocycles. The first-order valence-corrected chi connectivity index (χ1v) is 7.09. The van der Waals surface area contributed by atoms with E-state index in [9.17, 15) is 0 Å². The molecular weight excluding hydrogens is 266 g/mol. The quantitative estimate of drug-likeness (QED) is 0.757. The summed E-state index contributed by atoms with van der Waals surface area (Å²) in [5, 5.41) is 3.31. The molecule has 2 aromatic rings. The summed E-state index contributed by atoms with van der Waals surface area (Å²) in [6, 6.07) is 8.05. The highest BCUT2D eigenvalue weighted by Gasteiger charge is 2.02. The van der Waals surface area contributed by atoms with Crippen LogP contribution in [0.3, 0.4) is 0 Å². The van der Waals surface area contributed by atoms with E-state index in [0.29, 0.717) is 18.4 Å². The first-order valence-electron chi connectivity index (χ1n) is 7.09. The molecule has 1 N–H and O–H groups in total. The molecule has 0 atom stereocenters. The van der Waals surface area contributed by atoms with E-state index < -0.39 is 0 Å². The van der Waals surface area contributed by atoms with Crippen LogP contribution >= 0.6 is 0 Å². The van der Waals surface area contributed by atoms with Crippen molar-refractivity contribution in [3.05, 3.63) is 47.8 Å². The third-order valence-electron chi connectivity index (χ3n) is 2.86. The van der Waals surface area contributed by atoms with Gasteiger partial charge in [-0.2, -0.15) is 0 Å². The van der Waals surface area contributed by atoms with Crippen molar-refractivity contribution in [1.29, 1.82) is 0 Å². The zero-order valence-electron chi connectivity index (χ0n) is 12.5. The molecule has 0 unspecified atom stereocenters. The van der Waals surface area contributed by atoms with Crippen molar-refractivity contribution >= 4 is 0 Å². The second-order valence-corrected chi connectivity index (χ2v) is 4.73. The van der Waals surface area contributed by atoms with Gasteiger partial charge in [0.2, 0.25) is 0 Å². The van der Waals surface area contributed by atoms with Gasteiger partial charge in [-0.1, -0.05) is 19.1 Å². The first-order chi connectivity index (χ1) is 10.3. The van der Waals surface area contributed by atoms with Gasteiger partial charge >= 0.3 is 6.01 Å². The van der Waals surface area contributed by atoms with E-state index in [1.54, 1.807) is 19.5 Å². The van der Waals surface area contributed by atoms with Gasteiger partial charge in [0.1, 0.15) is 5.75 Å². The maximum absolute atomic E-state index is 5.65. The molecule has 1 heterocycles. The molecule has 0 aliphatic carbocycles. The van der Waals surface area contributed by atoms with E-state index in [-0.39, 0.29) is 0 Å². The van der Waals surface area contributed by atoms with E-state index in [1.807, 2.05) is 24.3 Å². The molecule has 0 radical (unpaired) electrons. The summed E-state index contributed by atoms with van der Waals surface area (Å²) < 4.78 is 10.7. The molecule has 0 bridgehead atoms. The summed E-state index contributed by atoms with van der Waals surface area (Å²) in [5.74, 6) is 0.710. The third kappa shape index (κ3) is 5.13. The number of nitrogens with one attached hydrogen (secondary N) is 1. The van der Waals surface area contributed by atoms with Crippen LogP contribution in [0, 0.1) is 0 Å². The van der Waals surface area contributed by atoms with Crippen molar-refractivity contribution in [1.82, 2.24) is 15.3 Å². The van der Waals surface area contributed by atoms with Crippen molar-refractivity contribution in [2.24, 2.45) is 0 Å². The Morgan fingerprint density at radius 1 is 1.14 bits per heavy atom. The summed E-state index contributed by atoms with van der Waals surface area (Å²) in [4.78, 5) is 8.45. The molecule has 21 heavy (non-hydrogen) atoms. The highest BCUT2D eigenvalue weighted by Crippen LogP contribution is 2.19. The monoisotopic (exact) mass is 287 g/mol. The zero-order valence-corrected chi connectivity index (χ0v) is 12.5. The number of rotatable bonds is 8. The number of hydrogen-bond acceptors (Lipinski definition) is 5. The summed E-state index contributed by atoms with van der Waals surface area (Å²) >= 11 is 0. The molecule has 5 nitrogen and oxygen atoms in total. The van der Waals surface area contributed by atoms with Crippen LogP contribution in [0.15, 0.2) is 36.7 Å². The van der Waals surface area contributed by atoms with Crippen molar-refractivity contribution < 1.29 is 9.47 Å². The summed E-state index contributed by atoms with van der Waals surface area (Å²) in [5.41, 5.74) is 2.10. The second-order valence-electron chi connectivity index (χ2n) is 4.73. The van der Waals surface area contributed by atoms with Crippen molar-refractivity contribution in [3.63, 3.8) is 0 Å². The number of aromatic nitrogens is 2. The first kappa shape index (κ1) is 15.4. The van der Waals surface area contributed by atoms with Gasteiger partial charge < -0.3 is 14.8 Å². The van der Waals surface area contributed by atoms with E-state index in [4.69, 9.17) is 9.47 Å². The molecule has 5 heteroatoms. The predicted octanol–water partition coefficient (Wildman–Crippen LogP) is 2.91. The summed E-state index contributed by atoms with van der Waals surface area (Å²) in [7, 11) is 1.67. The summed E-state index contributed by atoms with van der Waals surface area (Å²) in [6.45, 7) is 4.46. The van der Waals surface area contributed by atoms with Crippen LogP contribution < -0.4 is 10.1 Å². The molecule has 112 valence electrons. The van der Waals surface area contributed by atoms with Crippen LogP contribution in [-0.4, -0.2) is 23.6 Å². The number of benzene rings is 1. The largest absolute Gasteiger partial charge is 0.424 e. The minimum Gasteiger partial charge on any atom is -0.424 e. The lowest BCUT2D eigenvalue weighted by Gasteiger charge is -2.07. The van der Waals surface area contributed by atoms with Gasteiger partial charge in [0.05, 0.1) is 6.61 Å². The predicted molar refractivity (Wildman–Crippen MR) is 81.3 cm³/mol. The van der Waals surface area contributed by atoms with Crippen molar-refractivity contribution in [2.45, 2.75) is 26.5 Å². The van der Waals surface area contributed by atoms with Crippen LogP contribution in [0.4, 0.5) is 0 Å². The Labute approximate surface area is 125 Å². The van der Waals surface area contributed by atoms with E-state index >= 15 is 0 Å². The Bertz CT molecular complexity index is 543. The second kappa shape index (κ2) is 8.34. The average molecular weight is 287 g/mol. The molecule has 0 aliphatic heterocycles. The number of hydrogen-bond donors (Lipinski definition) is 1. The normalized spacial score (nSPS) is 10.6. The maximum atomic E-state index is 5.65. The van der Waals surface area contributed by atoms with Gasteiger partial charge in [-0.25, -0.2) is 9.97 Å². The van der Waals surface area contributed by atoms with Crippen LogP contribution in [0.1, 0.15) is 24.5 Å². The van der Waals surface area contributed by atoms with E-state index in [0.717, 1.165) is 30.6 Å². The number of nitrogens with zero attached hydrogens (tertiary/aromatic N) is 2. The molecule has 0 saturated heterocycles. The molecule has 2 rings (SSSR count). The molecule has 0 aliphatic rings. The highest BCUT2D eigenvalue weighted by atomic mass is 16.5. The molecular formula is C16H21N3O2. The van der Waals surface area contributed by atoms with Crippen LogP contribution in [0.5, 0.6) is 11.8 Å². The SMILES string of the molecule is CCCNCc1cnc(Oc2cccc(COC)c2)nc1. The average Bonchev–Trinajstić information content (AvgIpc) is 2.50.